The summed E-state index contributed by atoms with van der Waals surface area (Å²) in [7, 11) is 0. The maximum absolute atomic E-state index is 13.6. The van der Waals surface area contributed by atoms with Crippen LogP contribution in [0.15, 0.2) is 57.6 Å². The van der Waals surface area contributed by atoms with Crippen molar-refractivity contribution in [2.75, 3.05) is 32.8 Å². The van der Waals surface area contributed by atoms with Gasteiger partial charge in [-0.3, -0.25) is 9.69 Å². The van der Waals surface area contributed by atoms with E-state index in [0.29, 0.717) is 61.4 Å². The van der Waals surface area contributed by atoms with Crippen LogP contribution in [0.2, 0.25) is 0 Å². The highest BCUT2D eigenvalue weighted by molar-refractivity contribution is 9.10. The SMILES string of the molecule is CCN(CCNC(=O)c1cccc2nc3cc(Br)ccc3nc12)CCOC1=C(F)N=CCC1. The van der Waals surface area contributed by atoms with Crippen LogP contribution in [-0.2, 0) is 4.74 Å². The summed E-state index contributed by atoms with van der Waals surface area (Å²) < 4.78 is 20.1. The average Bonchev–Trinajstić information content (AvgIpc) is 2.82. The summed E-state index contributed by atoms with van der Waals surface area (Å²) >= 11 is 3.45. The van der Waals surface area contributed by atoms with Crippen molar-refractivity contribution in [3.8, 4) is 0 Å². The molecule has 2 heterocycles. The maximum atomic E-state index is 13.6. The third-order valence-corrected chi connectivity index (χ3v) is 5.94. The number of allylic oxidation sites excluding steroid dienone is 1. The number of nitrogens with zero attached hydrogens (tertiary/aromatic N) is 4. The lowest BCUT2D eigenvalue weighted by Crippen LogP contribution is -2.36. The van der Waals surface area contributed by atoms with Crippen molar-refractivity contribution in [1.29, 1.82) is 0 Å². The lowest BCUT2D eigenvalue weighted by atomic mass is 10.1. The number of rotatable bonds is 9. The number of hydrogen-bond acceptors (Lipinski definition) is 6. The van der Waals surface area contributed by atoms with Crippen molar-refractivity contribution < 1.29 is 13.9 Å². The Morgan fingerprint density at radius 3 is 2.88 bits per heavy atom. The maximum Gasteiger partial charge on any atom is 0.253 e. The number of aliphatic imine (C=N–C) groups is 1. The van der Waals surface area contributed by atoms with Gasteiger partial charge in [0, 0.05) is 36.7 Å². The molecule has 1 aliphatic rings. The number of carbonyl (C=O) groups is 1. The van der Waals surface area contributed by atoms with E-state index in [1.807, 2.05) is 37.3 Å². The molecule has 33 heavy (non-hydrogen) atoms. The van der Waals surface area contributed by atoms with Gasteiger partial charge < -0.3 is 10.1 Å². The third kappa shape index (κ3) is 5.72. The standard InChI is InChI=1S/C24H25BrFN5O2/c1-2-31(13-14-33-21-7-4-10-27-23(21)26)12-11-28-24(32)17-5-3-6-19-22(17)30-18-9-8-16(25)15-20(18)29-19/h3,5-6,8-10,15H,2,4,7,11-14H2,1H3,(H,28,32). The first-order chi connectivity index (χ1) is 16.0. The van der Waals surface area contributed by atoms with Gasteiger partial charge in [0.15, 0.2) is 5.76 Å². The van der Waals surface area contributed by atoms with E-state index in [4.69, 9.17) is 4.74 Å². The number of amides is 1. The smallest absolute Gasteiger partial charge is 0.253 e. The number of carbonyl (C=O) groups excluding carboxylic acids is 1. The molecule has 7 nitrogen and oxygen atoms in total. The molecular weight excluding hydrogens is 489 g/mol. The molecule has 2 aromatic carbocycles. The number of aromatic nitrogens is 2. The Balaban J connectivity index is 1.35. The summed E-state index contributed by atoms with van der Waals surface area (Å²) in [6.07, 6.45) is 2.79. The van der Waals surface area contributed by atoms with Crippen LogP contribution in [0, 0.1) is 0 Å². The fourth-order valence-corrected chi connectivity index (χ4v) is 4.00. The van der Waals surface area contributed by atoms with Crippen LogP contribution >= 0.6 is 15.9 Å². The Bertz CT molecular complexity index is 1230. The second-order valence-corrected chi connectivity index (χ2v) is 8.55. The van der Waals surface area contributed by atoms with Crippen LogP contribution in [0.3, 0.4) is 0 Å². The Morgan fingerprint density at radius 1 is 1.18 bits per heavy atom. The minimum atomic E-state index is -0.532. The summed E-state index contributed by atoms with van der Waals surface area (Å²) in [5, 5.41) is 2.97. The molecule has 1 amide bonds. The molecule has 3 aromatic rings. The molecule has 0 saturated carbocycles. The first-order valence-electron chi connectivity index (χ1n) is 11.0. The monoisotopic (exact) mass is 513 g/mol. The van der Waals surface area contributed by atoms with Crippen LogP contribution in [-0.4, -0.2) is 59.8 Å². The van der Waals surface area contributed by atoms with Crippen molar-refractivity contribution in [2.24, 2.45) is 4.99 Å². The van der Waals surface area contributed by atoms with Gasteiger partial charge in [-0.25, -0.2) is 15.0 Å². The van der Waals surface area contributed by atoms with Gasteiger partial charge in [-0.05, 0) is 43.3 Å². The van der Waals surface area contributed by atoms with Crippen molar-refractivity contribution in [3.05, 3.63) is 58.1 Å². The van der Waals surface area contributed by atoms with Gasteiger partial charge >= 0.3 is 0 Å². The van der Waals surface area contributed by atoms with E-state index in [0.717, 1.165) is 22.1 Å². The van der Waals surface area contributed by atoms with Crippen molar-refractivity contribution in [1.82, 2.24) is 20.2 Å². The Labute approximate surface area is 199 Å². The van der Waals surface area contributed by atoms with Crippen molar-refractivity contribution >= 4 is 50.1 Å². The summed E-state index contributed by atoms with van der Waals surface area (Å²) in [6.45, 7) is 4.96. The molecule has 0 atom stereocenters. The van der Waals surface area contributed by atoms with Crippen LogP contribution in [0.1, 0.15) is 30.1 Å². The fraction of sp³-hybridized carbons (Fsp3) is 0.333. The highest BCUT2D eigenvalue weighted by atomic mass is 79.9. The number of para-hydroxylation sites is 1. The molecule has 0 aliphatic carbocycles. The molecule has 172 valence electrons. The molecule has 0 radical (unpaired) electrons. The van der Waals surface area contributed by atoms with Gasteiger partial charge in [0.2, 0.25) is 0 Å². The second kappa shape index (κ2) is 10.8. The molecule has 0 fully saturated rings. The lowest BCUT2D eigenvalue weighted by molar-refractivity contribution is 0.0946. The Kier molecular flexibility index (Phi) is 7.61. The molecule has 1 N–H and O–H groups in total. The predicted molar refractivity (Wildman–Crippen MR) is 131 cm³/mol. The second-order valence-electron chi connectivity index (χ2n) is 7.63. The summed E-state index contributed by atoms with van der Waals surface area (Å²) in [6, 6.07) is 11.1. The molecular formula is C24H25BrFN5O2. The molecule has 0 bridgehead atoms. The summed E-state index contributed by atoms with van der Waals surface area (Å²) in [5.41, 5.74) is 3.26. The Morgan fingerprint density at radius 2 is 2.06 bits per heavy atom. The number of nitrogens with one attached hydrogen (secondary N) is 1. The molecule has 9 heteroatoms. The molecule has 1 aromatic heterocycles. The minimum absolute atomic E-state index is 0.189. The predicted octanol–water partition coefficient (Wildman–Crippen LogP) is 4.62. The number of hydrogen-bond donors (Lipinski definition) is 1. The van der Waals surface area contributed by atoms with Gasteiger partial charge in [-0.2, -0.15) is 4.39 Å². The highest BCUT2D eigenvalue weighted by Gasteiger charge is 2.14. The van der Waals surface area contributed by atoms with Crippen LogP contribution < -0.4 is 5.32 Å². The average molecular weight is 514 g/mol. The Hall–Kier alpha value is -2.91. The van der Waals surface area contributed by atoms with E-state index in [-0.39, 0.29) is 5.91 Å². The van der Waals surface area contributed by atoms with Gasteiger partial charge in [0.25, 0.3) is 11.9 Å². The van der Waals surface area contributed by atoms with Crippen LogP contribution in [0.4, 0.5) is 4.39 Å². The zero-order chi connectivity index (χ0) is 23.2. The topological polar surface area (TPSA) is 79.7 Å². The number of benzene rings is 2. The summed E-state index contributed by atoms with van der Waals surface area (Å²) in [5.74, 6) is -0.403. The number of likely N-dealkylation sites (N-methyl/N-ethyl adjacent to an activating group) is 1. The van der Waals surface area contributed by atoms with E-state index in [9.17, 15) is 9.18 Å². The van der Waals surface area contributed by atoms with Crippen LogP contribution in [0.5, 0.6) is 0 Å². The molecule has 0 spiro atoms. The van der Waals surface area contributed by atoms with E-state index >= 15 is 0 Å². The molecule has 4 rings (SSSR count). The normalized spacial score (nSPS) is 13.8. The molecule has 0 saturated heterocycles. The van der Waals surface area contributed by atoms with E-state index in [1.165, 1.54) is 0 Å². The van der Waals surface area contributed by atoms with Crippen molar-refractivity contribution in [2.45, 2.75) is 19.8 Å². The molecule has 1 aliphatic heterocycles. The lowest BCUT2D eigenvalue weighted by Gasteiger charge is -2.21. The number of halogens is 2. The zero-order valence-corrected chi connectivity index (χ0v) is 19.9. The van der Waals surface area contributed by atoms with E-state index in [2.05, 4.69) is 41.1 Å². The van der Waals surface area contributed by atoms with Crippen molar-refractivity contribution in [3.63, 3.8) is 0 Å². The quantitative estimate of drug-likeness (QED) is 0.333. The fourth-order valence-electron chi connectivity index (χ4n) is 3.65. The number of ether oxygens (including phenoxy) is 1. The van der Waals surface area contributed by atoms with Gasteiger partial charge in [-0.15, -0.1) is 0 Å². The number of fused-ring (bicyclic) bond motifs is 2. The first-order valence-corrected chi connectivity index (χ1v) is 11.7. The third-order valence-electron chi connectivity index (χ3n) is 5.45. The highest BCUT2D eigenvalue weighted by Crippen LogP contribution is 2.22. The van der Waals surface area contributed by atoms with Gasteiger partial charge in [0.1, 0.15) is 12.1 Å². The van der Waals surface area contributed by atoms with Gasteiger partial charge in [-0.1, -0.05) is 28.9 Å². The van der Waals surface area contributed by atoms with Crippen LogP contribution in [0.25, 0.3) is 22.1 Å². The largest absolute Gasteiger partial charge is 0.492 e. The molecule has 0 unspecified atom stereocenters. The summed E-state index contributed by atoms with van der Waals surface area (Å²) in [4.78, 5) is 28.0. The van der Waals surface area contributed by atoms with E-state index < -0.39 is 5.95 Å². The minimum Gasteiger partial charge on any atom is -0.492 e. The van der Waals surface area contributed by atoms with E-state index in [1.54, 1.807) is 12.3 Å². The zero-order valence-electron chi connectivity index (χ0n) is 18.4. The van der Waals surface area contributed by atoms with Gasteiger partial charge in [0.05, 0.1) is 22.1 Å². The first kappa shape index (κ1) is 23.3.